The van der Waals surface area contributed by atoms with Crippen molar-refractivity contribution >= 4 is 71.8 Å². The molecule has 1 aromatic carbocycles. The third kappa shape index (κ3) is 18.7. The Morgan fingerprint density at radius 2 is 0.857 bits per heavy atom. The number of hydrogen-bond acceptors (Lipinski definition) is 27. The number of nitro benzene ring substituents is 1. The van der Waals surface area contributed by atoms with Crippen LogP contribution >= 0.6 is 0 Å². The number of carbonyl (C=O) groups excluding carboxylic acids is 11. The van der Waals surface area contributed by atoms with Crippen molar-refractivity contribution in [1.82, 2.24) is 10.6 Å². The zero-order valence-electron chi connectivity index (χ0n) is 38.5. The minimum Gasteiger partial charge on any atom is -0.463 e. The van der Waals surface area contributed by atoms with Crippen LogP contribution in [0.3, 0.4) is 0 Å². The Morgan fingerprint density at radius 3 is 1.19 bits per heavy atom. The second-order valence-corrected chi connectivity index (χ2v) is 14.6. The average Bonchev–Trinajstić information content (AvgIpc) is 3.23. The van der Waals surface area contributed by atoms with E-state index in [4.69, 9.17) is 66.3 Å². The summed E-state index contributed by atoms with van der Waals surface area (Å²) in [5, 5.41) is 15.5. The Bertz CT molecular complexity index is 2000. The zero-order valence-corrected chi connectivity index (χ0v) is 38.5. The lowest BCUT2D eigenvalue weighted by molar-refractivity contribution is -0.384. The Balaban J connectivity index is 1.91. The van der Waals surface area contributed by atoms with Crippen molar-refractivity contribution in [3.05, 3.63) is 34.4 Å². The third-order valence-electron chi connectivity index (χ3n) is 8.80. The second-order valence-electron chi connectivity index (χ2n) is 14.6. The van der Waals surface area contributed by atoms with Crippen LogP contribution in [-0.4, -0.2) is 165 Å². The molecule has 30 heteroatoms. The van der Waals surface area contributed by atoms with Gasteiger partial charge in [0.2, 0.25) is 24.8 Å². The summed E-state index contributed by atoms with van der Waals surface area (Å²) in [5.41, 5.74) is -0.364. The van der Waals surface area contributed by atoms with E-state index < -0.39 is 165 Å². The van der Waals surface area contributed by atoms with Gasteiger partial charge in [-0.2, -0.15) is 0 Å². The van der Waals surface area contributed by atoms with Gasteiger partial charge >= 0.3 is 66.1 Å². The first-order chi connectivity index (χ1) is 32.8. The Labute approximate surface area is 395 Å². The van der Waals surface area contributed by atoms with Gasteiger partial charge in [-0.15, -0.1) is 0 Å². The molecule has 2 aliphatic rings. The highest BCUT2D eigenvalue weighted by molar-refractivity contribution is 5.72. The van der Waals surface area contributed by atoms with E-state index >= 15 is 0 Å². The maximum Gasteiger partial charge on any atom is 0.514 e. The molecule has 10 atom stereocenters. The lowest BCUT2D eigenvalue weighted by atomic mass is 9.98. The van der Waals surface area contributed by atoms with Gasteiger partial charge in [0.25, 0.3) is 5.69 Å². The summed E-state index contributed by atoms with van der Waals surface area (Å²) in [6, 6.07) is 4.08. The van der Waals surface area contributed by atoms with E-state index in [2.05, 4.69) is 10.6 Å². The second kappa shape index (κ2) is 26.6. The predicted molar refractivity (Wildman–Crippen MR) is 217 cm³/mol. The zero-order chi connectivity index (χ0) is 52.4. The molecule has 386 valence electrons. The first-order valence-corrected chi connectivity index (χ1v) is 20.5. The van der Waals surface area contributed by atoms with Crippen molar-refractivity contribution in [2.75, 3.05) is 26.3 Å². The number of non-ortho nitro benzene ring substituents is 1. The van der Waals surface area contributed by atoms with Crippen LogP contribution in [0.1, 0.15) is 55.4 Å². The van der Waals surface area contributed by atoms with Gasteiger partial charge in [0.1, 0.15) is 37.3 Å². The van der Waals surface area contributed by atoms with Crippen LogP contribution in [0, 0.1) is 10.1 Å². The Morgan fingerprint density at radius 1 is 0.514 bits per heavy atom. The molecular weight excluding hydrogens is 954 g/mol. The minimum absolute atomic E-state index is 0.263. The van der Waals surface area contributed by atoms with Gasteiger partial charge in [0.15, 0.2) is 24.4 Å². The van der Waals surface area contributed by atoms with Crippen molar-refractivity contribution in [2.24, 2.45) is 0 Å². The summed E-state index contributed by atoms with van der Waals surface area (Å²) in [6.07, 6.45) is -23.5. The number of nitro groups is 1. The highest BCUT2D eigenvalue weighted by atomic mass is 16.8. The van der Waals surface area contributed by atoms with Crippen molar-refractivity contribution in [1.29, 1.82) is 0 Å². The van der Waals surface area contributed by atoms with Crippen LogP contribution in [-0.2, 0) is 99.9 Å². The van der Waals surface area contributed by atoms with Crippen LogP contribution in [0.5, 0.6) is 5.75 Å². The van der Waals surface area contributed by atoms with Gasteiger partial charge in [0, 0.05) is 67.5 Å². The van der Waals surface area contributed by atoms with E-state index in [1.807, 2.05) is 0 Å². The molecule has 2 N–H and O–H groups in total. The normalized spacial score (nSPS) is 23.9. The summed E-state index contributed by atoms with van der Waals surface area (Å²) in [4.78, 5) is 147. The SMILES string of the molecule is CC(=O)OC[C@H]1O[C@H](OC(=O)NCC(CNC(=O)O[C@H]2O[C@H](COC(C)=O)[C@H](OC(C)=O)[C@H](OC(C)=O)[C@H]2OC(C)=O)OC(=O)Oc2ccc([N+](=O)[O-])cc2)[C@H](OC(C)=O)[C@@H](OC(C)=O)[C@H]1OC(C)=O. The molecule has 3 rings (SSSR count). The van der Waals surface area contributed by atoms with Crippen molar-refractivity contribution in [2.45, 2.75) is 123 Å². The number of nitrogens with one attached hydrogen (secondary N) is 2. The first kappa shape index (κ1) is 56.4. The number of nitrogens with zero attached hydrogens (tertiary/aromatic N) is 1. The van der Waals surface area contributed by atoms with E-state index in [1.165, 1.54) is 0 Å². The summed E-state index contributed by atoms with van der Waals surface area (Å²) in [5.74, 6) is -7.84. The monoisotopic (exact) mass is 1000 g/mol. The van der Waals surface area contributed by atoms with Crippen LogP contribution in [0.2, 0.25) is 0 Å². The predicted octanol–water partition coefficient (Wildman–Crippen LogP) is 0.0974. The summed E-state index contributed by atoms with van der Waals surface area (Å²) >= 11 is 0. The van der Waals surface area contributed by atoms with Gasteiger partial charge in [-0.25, -0.2) is 14.4 Å². The minimum atomic E-state index is -2.01. The molecular formula is C40H49N3O27. The fourth-order valence-corrected chi connectivity index (χ4v) is 6.30. The van der Waals surface area contributed by atoms with E-state index in [0.29, 0.717) is 0 Å². The average molecular weight is 1000 g/mol. The molecule has 2 fully saturated rings. The van der Waals surface area contributed by atoms with Crippen LogP contribution < -0.4 is 15.4 Å². The lowest BCUT2D eigenvalue weighted by Gasteiger charge is -2.43. The van der Waals surface area contributed by atoms with Crippen LogP contribution in [0.4, 0.5) is 20.1 Å². The van der Waals surface area contributed by atoms with Crippen molar-refractivity contribution < 1.29 is 124 Å². The molecule has 30 nitrogen and oxygen atoms in total. The van der Waals surface area contributed by atoms with Gasteiger partial charge in [-0.1, -0.05) is 0 Å². The number of rotatable bonds is 19. The number of benzene rings is 1. The quantitative estimate of drug-likeness (QED) is 0.0610. The van der Waals surface area contributed by atoms with Crippen LogP contribution in [0.15, 0.2) is 24.3 Å². The number of alkyl carbamates (subject to hydrolysis) is 2. The Kier molecular flexibility index (Phi) is 21.4. The van der Waals surface area contributed by atoms with E-state index in [1.54, 1.807) is 0 Å². The fraction of sp³-hybridized carbons (Fsp3) is 0.575. The molecule has 70 heavy (non-hydrogen) atoms. The van der Waals surface area contributed by atoms with Crippen LogP contribution in [0.25, 0.3) is 0 Å². The molecule has 0 bridgehead atoms. The largest absolute Gasteiger partial charge is 0.514 e. The molecule has 0 radical (unpaired) electrons. The van der Waals surface area contributed by atoms with E-state index in [9.17, 15) is 62.9 Å². The molecule has 0 aromatic heterocycles. The molecule has 0 saturated carbocycles. The number of ether oxygens (including phenoxy) is 14. The van der Waals surface area contributed by atoms with Gasteiger partial charge in [0.05, 0.1) is 18.0 Å². The molecule has 0 spiro atoms. The number of hydrogen-bond donors (Lipinski definition) is 2. The van der Waals surface area contributed by atoms with Gasteiger partial charge in [-0.3, -0.25) is 48.5 Å². The maximum absolute atomic E-state index is 13.4. The number of carbonyl (C=O) groups is 11. The standard InChI is InChI=1S/C40H49N3O27/c1-17(44)57-15-28-30(59-19(3)46)32(61-21(5)48)34(63-23(7)50)36(67-28)69-38(52)41-13-27(66-40(54)65-26-11-9-25(10-12-26)43(55)56)14-42-39(53)70-37-35(64-24(8)51)33(62-22(6)49)31(60-20(4)47)29(68-37)16-58-18(2)45/h9-12,27-37H,13-16H2,1-8H3,(H,41,52)(H,42,53)/t28-,29-,30+,31+,32+,33+,34-,35-,36-,37-/m1/s1. The van der Waals surface area contributed by atoms with E-state index in [-0.39, 0.29) is 11.4 Å². The topological polar surface area (TPSA) is 384 Å². The van der Waals surface area contributed by atoms with E-state index in [0.717, 1.165) is 79.7 Å². The smallest absolute Gasteiger partial charge is 0.463 e. The fourth-order valence-electron chi connectivity index (χ4n) is 6.30. The molecule has 2 amide bonds. The third-order valence-corrected chi connectivity index (χ3v) is 8.80. The van der Waals surface area contributed by atoms with Crippen molar-refractivity contribution in [3.63, 3.8) is 0 Å². The molecule has 2 aliphatic heterocycles. The van der Waals surface area contributed by atoms with Gasteiger partial charge in [-0.05, 0) is 12.1 Å². The highest BCUT2D eigenvalue weighted by Gasteiger charge is 2.55. The summed E-state index contributed by atoms with van der Waals surface area (Å²) < 4.78 is 74.2. The number of amides is 2. The molecule has 2 heterocycles. The molecule has 2 saturated heterocycles. The molecule has 0 aliphatic carbocycles. The summed E-state index contributed by atoms with van der Waals surface area (Å²) in [7, 11) is 0. The van der Waals surface area contributed by atoms with Gasteiger partial charge < -0.3 is 76.9 Å². The highest BCUT2D eigenvalue weighted by Crippen LogP contribution is 2.32. The van der Waals surface area contributed by atoms with Crippen molar-refractivity contribution in [3.8, 4) is 5.75 Å². The molecule has 0 unspecified atom stereocenters. The summed E-state index contributed by atoms with van der Waals surface area (Å²) in [6.45, 7) is 4.82. The lowest BCUT2D eigenvalue weighted by Crippen LogP contribution is -2.63. The number of esters is 8. The maximum atomic E-state index is 13.4. The molecule has 1 aromatic rings. The first-order valence-electron chi connectivity index (χ1n) is 20.5. The Hall–Kier alpha value is -7.89.